The van der Waals surface area contributed by atoms with E-state index in [9.17, 15) is 4.79 Å². The van der Waals surface area contributed by atoms with Crippen LogP contribution in [0.2, 0.25) is 0 Å². The number of carbonyl (C=O) groups excluding carboxylic acids is 1. The van der Waals surface area contributed by atoms with Crippen LogP contribution in [0.1, 0.15) is 15.9 Å². The monoisotopic (exact) mass is 319 g/mol. The van der Waals surface area contributed by atoms with Crippen molar-refractivity contribution in [2.45, 2.75) is 6.42 Å². The number of carbonyl (C=O) groups is 1. The topological polar surface area (TPSA) is 52.3 Å². The Morgan fingerprint density at radius 3 is 2.63 bits per heavy atom. The Morgan fingerprint density at radius 2 is 1.89 bits per heavy atom. The molecule has 0 saturated heterocycles. The molecule has 0 aromatic heterocycles. The fourth-order valence-corrected chi connectivity index (χ4v) is 2.09. The van der Waals surface area contributed by atoms with Gasteiger partial charge in [0.25, 0.3) is 0 Å². The molecule has 0 spiro atoms. The molecule has 0 saturated carbocycles. The highest BCUT2D eigenvalue weighted by Gasteiger charge is 2.11. The lowest BCUT2D eigenvalue weighted by atomic mass is 10.2. The molecule has 0 radical (unpaired) electrons. The largest absolute Gasteiger partial charge is 0.462 e. The van der Waals surface area contributed by atoms with E-state index < -0.39 is 0 Å². The highest BCUT2D eigenvalue weighted by molar-refractivity contribution is 9.10. The SMILES string of the molecule is Nc1ccc(Br)c(C(=O)OCCc2ccccc2)c1. The number of hydrogen-bond acceptors (Lipinski definition) is 3. The van der Waals surface area contributed by atoms with E-state index in [1.165, 1.54) is 0 Å². The van der Waals surface area contributed by atoms with E-state index in [1.807, 2.05) is 30.3 Å². The van der Waals surface area contributed by atoms with Crippen molar-refractivity contribution in [2.24, 2.45) is 0 Å². The fourth-order valence-electron chi connectivity index (χ4n) is 1.68. The molecule has 0 bridgehead atoms. The first-order valence-corrected chi connectivity index (χ1v) is 6.72. The minimum Gasteiger partial charge on any atom is -0.462 e. The number of nitrogen functional groups attached to an aromatic ring is 1. The van der Waals surface area contributed by atoms with Crippen molar-refractivity contribution >= 4 is 27.6 Å². The molecule has 0 unspecified atom stereocenters. The fraction of sp³-hybridized carbons (Fsp3) is 0.133. The summed E-state index contributed by atoms with van der Waals surface area (Å²) in [7, 11) is 0. The molecule has 3 nitrogen and oxygen atoms in total. The van der Waals surface area contributed by atoms with Crippen molar-refractivity contribution in [3.8, 4) is 0 Å². The maximum absolute atomic E-state index is 11.9. The molecule has 0 atom stereocenters. The predicted molar refractivity (Wildman–Crippen MR) is 79.0 cm³/mol. The zero-order valence-electron chi connectivity index (χ0n) is 10.3. The molecule has 0 heterocycles. The molecule has 2 rings (SSSR count). The number of rotatable bonds is 4. The Morgan fingerprint density at radius 1 is 1.16 bits per heavy atom. The van der Waals surface area contributed by atoms with Gasteiger partial charge in [-0.05, 0) is 39.7 Å². The summed E-state index contributed by atoms with van der Waals surface area (Å²) in [6.07, 6.45) is 0.701. The molecule has 2 N–H and O–H groups in total. The van der Waals surface area contributed by atoms with Gasteiger partial charge in [-0.1, -0.05) is 30.3 Å². The summed E-state index contributed by atoms with van der Waals surface area (Å²) in [4.78, 5) is 11.9. The minimum atomic E-state index is -0.366. The molecule has 0 fully saturated rings. The number of esters is 1. The summed E-state index contributed by atoms with van der Waals surface area (Å²) in [5.74, 6) is -0.366. The van der Waals surface area contributed by atoms with Crippen LogP contribution in [0.3, 0.4) is 0 Å². The molecule has 2 aromatic rings. The van der Waals surface area contributed by atoms with Crippen LogP contribution in [0, 0.1) is 0 Å². The lowest BCUT2D eigenvalue weighted by molar-refractivity contribution is 0.0508. The molecule has 0 aliphatic rings. The average Bonchev–Trinajstić information content (AvgIpc) is 2.42. The summed E-state index contributed by atoms with van der Waals surface area (Å²) in [6.45, 7) is 0.351. The number of benzene rings is 2. The third-order valence-electron chi connectivity index (χ3n) is 2.68. The van der Waals surface area contributed by atoms with Gasteiger partial charge in [0.2, 0.25) is 0 Å². The molecule has 0 amide bonds. The second-order valence-electron chi connectivity index (χ2n) is 4.11. The Labute approximate surface area is 120 Å². The minimum absolute atomic E-state index is 0.351. The lowest BCUT2D eigenvalue weighted by Crippen LogP contribution is -2.09. The summed E-state index contributed by atoms with van der Waals surface area (Å²) in [5, 5.41) is 0. The van der Waals surface area contributed by atoms with Crippen LogP contribution < -0.4 is 5.73 Å². The average molecular weight is 320 g/mol. The van der Waals surface area contributed by atoms with E-state index >= 15 is 0 Å². The number of hydrogen-bond donors (Lipinski definition) is 1. The molecule has 0 aliphatic heterocycles. The van der Waals surface area contributed by atoms with E-state index in [4.69, 9.17) is 10.5 Å². The summed E-state index contributed by atoms with van der Waals surface area (Å²) in [6, 6.07) is 15.0. The maximum atomic E-state index is 11.9. The first-order valence-electron chi connectivity index (χ1n) is 5.93. The van der Waals surface area contributed by atoms with Crippen molar-refractivity contribution in [3.63, 3.8) is 0 Å². The zero-order chi connectivity index (χ0) is 13.7. The Kier molecular flexibility index (Phi) is 4.58. The Balaban J connectivity index is 1.93. The smallest absolute Gasteiger partial charge is 0.339 e. The standard InChI is InChI=1S/C15H14BrNO2/c16-14-7-6-12(17)10-13(14)15(18)19-9-8-11-4-2-1-3-5-11/h1-7,10H,8-9,17H2. The Hall–Kier alpha value is -1.81. The lowest BCUT2D eigenvalue weighted by Gasteiger charge is -2.07. The third kappa shape index (κ3) is 3.83. The van der Waals surface area contributed by atoms with E-state index in [1.54, 1.807) is 18.2 Å². The molecule has 98 valence electrons. The van der Waals surface area contributed by atoms with Gasteiger partial charge in [0.1, 0.15) is 0 Å². The molecule has 0 aliphatic carbocycles. The van der Waals surface area contributed by atoms with Gasteiger partial charge in [-0.25, -0.2) is 4.79 Å². The van der Waals surface area contributed by atoms with Crippen molar-refractivity contribution in [1.82, 2.24) is 0 Å². The highest BCUT2D eigenvalue weighted by Crippen LogP contribution is 2.20. The summed E-state index contributed by atoms with van der Waals surface area (Å²) < 4.78 is 5.93. The second-order valence-corrected chi connectivity index (χ2v) is 4.97. The molecule has 4 heteroatoms. The van der Waals surface area contributed by atoms with E-state index in [-0.39, 0.29) is 5.97 Å². The van der Waals surface area contributed by atoms with Crippen LogP contribution in [0.25, 0.3) is 0 Å². The van der Waals surface area contributed by atoms with Crippen LogP contribution >= 0.6 is 15.9 Å². The highest BCUT2D eigenvalue weighted by atomic mass is 79.9. The molecular formula is C15H14BrNO2. The van der Waals surface area contributed by atoms with Crippen LogP contribution in [0.5, 0.6) is 0 Å². The van der Waals surface area contributed by atoms with Crippen molar-refractivity contribution in [1.29, 1.82) is 0 Å². The van der Waals surface area contributed by atoms with Gasteiger partial charge in [0.05, 0.1) is 12.2 Å². The Bertz CT molecular complexity index is 570. The quantitative estimate of drug-likeness (QED) is 0.693. The summed E-state index contributed by atoms with van der Waals surface area (Å²) in [5.41, 5.74) is 7.79. The van der Waals surface area contributed by atoms with Crippen molar-refractivity contribution in [3.05, 3.63) is 64.1 Å². The normalized spacial score (nSPS) is 10.2. The first-order chi connectivity index (χ1) is 9.16. The van der Waals surface area contributed by atoms with Crippen LogP contribution in [0.15, 0.2) is 53.0 Å². The zero-order valence-corrected chi connectivity index (χ0v) is 11.9. The van der Waals surface area contributed by atoms with Crippen LogP contribution in [-0.4, -0.2) is 12.6 Å². The maximum Gasteiger partial charge on any atom is 0.339 e. The number of ether oxygens (including phenoxy) is 1. The first kappa shape index (κ1) is 13.6. The molecule has 2 aromatic carbocycles. The van der Waals surface area contributed by atoms with Crippen molar-refractivity contribution < 1.29 is 9.53 Å². The molecule has 19 heavy (non-hydrogen) atoms. The van der Waals surface area contributed by atoms with Gasteiger partial charge < -0.3 is 10.5 Å². The van der Waals surface area contributed by atoms with Gasteiger partial charge in [0, 0.05) is 16.6 Å². The van der Waals surface area contributed by atoms with E-state index in [0.29, 0.717) is 28.8 Å². The van der Waals surface area contributed by atoms with Gasteiger partial charge >= 0.3 is 5.97 Å². The number of halogens is 1. The molecular weight excluding hydrogens is 306 g/mol. The second kappa shape index (κ2) is 6.38. The van der Waals surface area contributed by atoms with Crippen LogP contribution in [0.4, 0.5) is 5.69 Å². The van der Waals surface area contributed by atoms with Gasteiger partial charge in [-0.2, -0.15) is 0 Å². The van der Waals surface area contributed by atoms with E-state index in [0.717, 1.165) is 5.56 Å². The van der Waals surface area contributed by atoms with Crippen molar-refractivity contribution in [2.75, 3.05) is 12.3 Å². The predicted octanol–water partition coefficient (Wildman–Crippen LogP) is 3.43. The number of nitrogens with two attached hydrogens (primary N) is 1. The van der Waals surface area contributed by atoms with Gasteiger partial charge in [-0.3, -0.25) is 0 Å². The van der Waals surface area contributed by atoms with Gasteiger partial charge in [0.15, 0.2) is 0 Å². The number of anilines is 1. The third-order valence-corrected chi connectivity index (χ3v) is 3.37. The van der Waals surface area contributed by atoms with E-state index in [2.05, 4.69) is 15.9 Å². The summed E-state index contributed by atoms with van der Waals surface area (Å²) >= 11 is 3.31. The van der Waals surface area contributed by atoms with Gasteiger partial charge in [-0.15, -0.1) is 0 Å². The van der Waals surface area contributed by atoms with Crippen LogP contribution in [-0.2, 0) is 11.2 Å².